The molecule has 0 spiro atoms. The molecule has 0 bridgehead atoms. The van der Waals surface area contributed by atoms with Gasteiger partial charge in [0.2, 0.25) is 21.9 Å². The number of imidazole rings is 1. The molecule has 0 radical (unpaired) electrons. The molecule has 10 heteroatoms. The van der Waals surface area contributed by atoms with Crippen LogP contribution in [0.4, 0.5) is 5.95 Å². The Morgan fingerprint density at radius 2 is 2.04 bits per heavy atom. The van der Waals surface area contributed by atoms with E-state index in [1.54, 1.807) is 0 Å². The lowest BCUT2D eigenvalue weighted by Crippen LogP contribution is -2.32. The molecule has 2 amide bonds. The summed E-state index contributed by atoms with van der Waals surface area (Å²) in [6, 6.07) is 0. The van der Waals surface area contributed by atoms with Crippen LogP contribution >= 0.6 is 0 Å². The SMILES string of the molecule is CC(=O)Nc1nc2c(n1S(=O)(=O)C1CC1)CCC(C(=O)NN)=C2. The van der Waals surface area contributed by atoms with Gasteiger partial charge in [0.15, 0.2) is 0 Å². The van der Waals surface area contributed by atoms with E-state index < -0.39 is 27.1 Å². The molecule has 1 heterocycles. The summed E-state index contributed by atoms with van der Waals surface area (Å²) >= 11 is 0. The third kappa shape index (κ3) is 2.75. The van der Waals surface area contributed by atoms with Crippen LogP contribution in [0.5, 0.6) is 0 Å². The van der Waals surface area contributed by atoms with Crippen molar-refractivity contribution < 1.29 is 18.0 Å². The molecule has 2 aliphatic carbocycles. The fraction of sp³-hybridized carbons (Fsp3) is 0.462. The highest BCUT2D eigenvalue weighted by atomic mass is 32.2. The first-order chi connectivity index (χ1) is 10.8. The number of nitrogens with zero attached hydrogens (tertiary/aromatic N) is 2. The molecule has 1 saturated carbocycles. The number of hydrogen-bond acceptors (Lipinski definition) is 6. The molecule has 0 aliphatic heterocycles. The van der Waals surface area contributed by atoms with Gasteiger partial charge in [-0.15, -0.1) is 0 Å². The first-order valence-electron chi connectivity index (χ1n) is 7.19. The first-order valence-corrected chi connectivity index (χ1v) is 8.70. The highest BCUT2D eigenvalue weighted by Gasteiger charge is 2.41. The number of amides is 2. The Morgan fingerprint density at radius 1 is 1.35 bits per heavy atom. The number of anilines is 1. The zero-order chi connectivity index (χ0) is 16.8. The van der Waals surface area contributed by atoms with E-state index in [1.807, 2.05) is 5.43 Å². The maximum absolute atomic E-state index is 12.7. The number of rotatable bonds is 4. The van der Waals surface area contributed by atoms with Gasteiger partial charge in [-0.1, -0.05) is 0 Å². The van der Waals surface area contributed by atoms with Crippen LogP contribution in [-0.4, -0.2) is 34.4 Å². The maximum Gasteiger partial charge on any atom is 0.261 e. The number of carbonyl (C=O) groups is 2. The summed E-state index contributed by atoms with van der Waals surface area (Å²) in [5.74, 6) is 4.25. The predicted octanol–water partition coefficient (Wildman–Crippen LogP) is -0.499. The molecular weight excluding hydrogens is 322 g/mol. The molecule has 0 saturated heterocycles. The average Bonchev–Trinajstić information content (AvgIpc) is 3.27. The van der Waals surface area contributed by atoms with E-state index in [0.717, 1.165) is 3.97 Å². The molecule has 4 N–H and O–H groups in total. The number of nitrogens with one attached hydrogen (secondary N) is 2. The van der Waals surface area contributed by atoms with Crippen molar-refractivity contribution in [2.45, 2.75) is 37.9 Å². The summed E-state index contributed by atoms with van der Waals surface area (Å²) in [7, 11) is -3.60. The molecular formula is C13H17N5O4S. The number of aromatic nitrogens is 2. The Kier molecular flexibility index (Phi) is 3.72. The number of hydrogen-bond donors (Lipinski definition) is 3. The summed E-state index contributed by atoms with van der Waals surface area (Å²) in [6.07, 6.45) is 3.39. The van der Waals surface area contributed by atoms with Gasteiger partial charge in [-0.05, 0) is 31.8 Å². The Balaban J connectivity index is 2.12. The number of fused-ring (bicyclic) bond motifs is 1. The summed E-state index contributed by atoms with van der Waals surface area (Å²) in [5.41, 5.74) is 3.31. The second-order valence-electron chi connectivity index (χ2n) is 5.60. The molecule has 1 aromatic rings. The zero-order valence-electron chi connectivity index (χ0n) is 12.5. The second-order valence-corrected chi connectivity index (χ2v) is 7.66. The van der Waals surface area contributed by atoms with Gasteiger partial charge in [0.05, 0.1) is 16.6 Å². The van der Waals surface area contributed by atoms with Crippen LogP contribution in [-0.2, 0) is 26.0 Å². The molecule has 23 heavy (non-hydrogen) atoms. The van der Waals surface area contributed by atoms with Crippen molar-refractivity contribution in [1.29, 1.82) is 0 Å². The van der Waals surface area contributed by atoms with Crippen LogP contribution in [0.2, 0.25) is 0 Å². The molecule has 0 unspecified atom stereocenters. The first kappa shape index (κ1) is 15.7. The van der Waals surface area contributed by atoms with Crippen molar-refractivity contribution in [3.8, 4) is 0 Å². The molecule has 0 atom stereocenters. The largest absolute Gasteiger partial charge is 0.295 e. The fourth-order valence-electron chi connectivity index (χ4n) is 2.59. The summed E-state index contributed by atoms with van der Waals surface area (Å²) in [5, 5.41) is 2.02. The van der Waals surface area contributed by atoms with Gasteiger partial charge in [0, 0.05) is 12.5 Å². The molecule has 1 aromatic heterocycles. The van der Waals surface area contributed by atoms with Gasteiger partial charge in [0.25, 0.3) is 5.91 Å². The number of nitrogens with two attached hydrogens (primary N) is 1. The van der Waals surface area contributed by atoms with Gasteiger partial charge in [-0.3, -0.25) is 20.3 Å². The highest BCUT2D eigenvalue weighted by Crippen LogP contribution is 2.35. The third-order valence-electron chi connectivity index (χ3n) is 3.81. The van der Waals surface area contributed by atoms with Crippen molar-refractivity contribution in [2.24, 2.45) is 5.84 Å². The van der Waals surface area contributed by atoms with E-state index in [-0.39, 0.29) is 5.95 Å². The predicted molar refractivity (Wildman–Crippen MR) is 82.5 cm³/mol. The van der Waals surface area contributed by atoms with E-state index in [2.05, 4.69) is 10.3 Å². The lowest BCUT2D eigenvalue weighted by molar-refractivity contribution is -0.117. The minimum atomic E-state index is -3.60. The lowest BCUT2D eigenvalue weighted by atomic mass is 10.00. The Bertz CT molecular complexity index is 820. The molecule has 124 valence electrons. The summed E-state index contributed by atoms with van der Waals surface area (Å²) in [4.78, 5) is 27.2. The Labute approximate surface area is 133 Å². The topological polar surface area (TPSA) is 136 Å². The van der Waals surface area contributed by atoms with E-state index in [1.165, 1.54) is 13.0 Å². The third-order valence-corrected chi connectivity index (χ3v) is 6.03. The van der Waals surface area contributed by atoms with Gasteiger partial charge in [-0.2, -0.15) is 0 Å². The quantitative estimate of drug-likeness (QED) is 0.384. The molecule has 0 aromatic carbocycles. The number of carbonyl (C=O) groups excluding carboxylic acids is 2. The maximum atomic E-state index is 12.7. The van der Waals surface area contributed by atoms with Crippen LogP contribution in [0, 0.1) is 0 Å². The van der Waals surface area contributed by atoms with Gasteiger partial charge < -0.3 is 0 Å². The van der Waals surface area contributed by atoms with Crippen molar-refractivity contribution in [3.63, 3.8) is 0 Å². The zero-order valence-corrected chi connectivity index (χ0v) is 13.3. The van der Waals surface area contributed by atoms with Crippen LogP contribution in [0.15, 0.2) is 5.57 Å². The van der Waals surface area contributed by atoms with Gasteiger partial charge >= 0.3 is 0 Å². The van der Waals surface area contributed by atoms with Crippen LogP contribution < -0.4 is 16.6 Å². The van der Waals surface area contributed by atoms with E-state index in [0.29, 0.717) is 42.6 Å². The van der Waals surface area contributed by atoms with E-state index >= 15 is 0 Å². The average molecular weight is 339 g/mol. The molecule has 1 fully saturated rings. The molecule has 9 nitrogen and oxygen atoms in total. The Hall–Kier alpha value is -2.20. The highest BCUT2D eigenvalue weighted by molar-refractivity contribution is 7.91. The van der Waals surface area contributed by atoms with Crippen LogP contribution in [0.1, 0.15) is 37.6 Å². The van der Waals surface area contributed by atoms with Gasteiger partial charge in [-0.25, -0.2) is 23.2 Å². The smallest absolute Gasteiger partial charge is 0.261 e. The monoisotopic (exact) mass is 339 g/mol. The number of hydrazine groups is 1. The fourth-order valence-corrected chi connectivity index (χ4v) is 4.44. The second kappa shape index (κ2) is 5.46. The molecule has 3 rings (SSSR count). The van der Waals surface area contributed by atoms with Gasteiger partial charge in [0.1, 0.15) is 0 Å². The standard InChI is InChI=1S/C13H17N5O4S/c1-7(19)15-13-16-10-6-8(12(20)17-14)2-5-11(10)18(13)23(21,22)9-3-4-9/h6,9H,2-5,14H2,1H3,(H,17,20)(H,15,16,19). The summed E-state index contributed by atoms with van der Waals surface area (Å²) < 4.78 is 26.4. The minimum Gasteiger partial charge on any atom is -0.295 e. The Morgan fingerprint density at radius 3 is 2.61 bits per heavy atom. The van der Waals surface area contributed by atoms with Crippen molar-refractivity contribution in [2.75, 3.05) is 5.32 Å². The lowest BCUT2D eigenvalue weighted by Gasteiger charge is -2.15. The van der Waals surface area contributed by atoms with Crippen LogP contribution in [0.3, 0.4) is 0 Å². The van der Waals surface area contributed by atoms with E-state index in [4.69, 9.17) is 5.84 Å². The normalized spacial score (nSPS) is 17.2. The van der Waals surface area contributed by atoms with Crippen molar-refractivity contribution >= 4 is 33.9 Å². The van der Waals surface area contributed by atoms with E-state index in [9.17, 15) is 18.0 Å². The van der Waals surface area contributed by atoms with Crippen LogP contribution in [0.25, 0.3) is 6.08 Å². The molecule has 2 aliphatic rings. The summed E-state index contributed by atoms with van der Waals surface area (Å²) in [6.45, 7) is 1.28. The minimum absolute atomic E-state index is 0.0277. The van der Waals surface area contributed by atoms with Crippen molar-refractivity contribution in [3.05, 3.63) is 17.0 Å². The van der Waals surface area contributed by atoms with Crippen molar-refractivity contribution in [1.82, 2.24) is 14.4 Å².